The first-order valence-corrected chi connectivity index (χ1v) is 8.32. The minimum Gasteiger partial charge on any atom is -0.357 e. The first-order valence-electron chi connectivity index (χ1n) is 8.32. The molecule has 0 radical (unpaired) electrons. The lowest BCUT2D eigenvalue weighted by atomic mass is 10.0. The van der Waals surface area contributed by atoms with Crippen LogP contribution < -0.4 is 5.32 Å². The van der Waals surface area contributed by atoms with E-state index in [1.807, 2.05) is 45.2 Å². The second-order valence-corrected chi connectivity index (χ2v) is 6.14. The van der Waals surface area contributed by atoms with E-state index >= 15 is 0 Å². The Labute approximate surface area is 170 Å². The zero-order valence-electron chi connectivity index (χ0n) is 15.5. The van der Waals surface area contributed by atoms with Crippen LogP contribution in [0.15, 0.2) is 35.6 Å². The van der Waals surface area contributed by atoms with Crippen molar-refractivity contribution in [3.8, 4) is 0 Å². The number of guanidine groups is 1. The van der Waals surface area contributed by atoms with Crippen LogP contribution in [0.1, 0.15) is 30.9 Å². The van der Waals surface area contributed by atoms with Gasteiger partial charge in [0.15, 0.2) is 5.96 Å². The number of hydrogen-bond donors (Lipinski definition) is 1. The highest BCUT2D eigenvalue weighted by molar-refractivity contribution is 14.0. The number of aryl methyl sites for hydroxylation is 1. The molecule has 1 heterocycles. The maximum atomic E-state index is 13.9. The van der Waals surface area contributed by atoms with Crippen LogP contribution >= 0.6 is 24.0 Å². The van der Waals surface area contributed by atoms with E-state index in [0.29, 0.717) is 18.7 Å². The van der Waals surface area contributed by atoms with Gasteiger partial charge in [-0.2, -0.15) is 5.10 Å². The molecule has 1 N–H and O–H groups in total. The molecule has 1 aromatic heterocycles. The lowest BCUT2D eigenvalue weighted by Gasteiger charge is -2.22. The molecular weight excluding hydrogens is 451 g/mol. The normalized spacial score (nSPS) is 12.5. The number of rotatable bonds is 6. The van der Waals surface area contributed by atoms with Gasteiger partial charge >= 0.3 is 0 Å². The third-order valence-electron chi connectivity index (χ3n) is 3.88. The molecule has 0 fully saturated rings. The van der Waals surface area contributed by atoms with E-state index < -0.39 is 11.6 Å². The molecule has 0 saturated heterocycles. The van der Waals surface area contributed by atoms with Gasteiger partial charge in [0, 0.05) is 57.5 Å². The topological polar surface area (TPSA) is 45.5 Å². The van der Waals surface area contributed by atoms with Crippen LogP contribution in [-0.4, -0.2) is 40.8 Å². The molecule has 0 bridgehead atoms. The number of hydrogen-bond acceptors (Lipinski definition) is 2. The summed E-state index contributed by atoms with van der Waals surface area (Å²) in [4.78, 5) is 6.59. The summed E-state index contributed by atoms with van der Waals surface area (Å²) in [6.45, 7) is 5.68. The van der Waals surface area contributed by atoms with Gasteiger partial charge < -0.3 is 10.2 Å². The van der Waals surface area contributed by atoms with Gasteiger partial charge in [0.2, 0.25) is 0 Å². The van der Waals surface area contributed by atoms with E-state index in [1.165, 1.54) is 12.1 Å². The lowest BCUT2D eigenvalue weighted by molar-refractivity contribution is 0.475. The first-order chi connectivity index (χ1) is 11.9. The summed E-state index contributed by atoms with van der Waals surface area (Å²) in [5.74, 6) is -0.514. The van der Waals surface area contributed by atoms with Gasteiger partial charge in [0.25, 0.3) is 0 Å². The summed E-state index contributed by atoms with van der Waals surface area (Å²) in [6, 6.07) is 3.67. The van der Waals surface area contributed by atoms with Gasteiger partial charge in [-0.15, -0.1) is 24.0 Å². The molecule has 8 heteroatoms. The zero-order valence-corrected chi connectivity index (χ0v) is 17.9. The second kappa shape index (κ2) is 10.4. The van der Waals surface area contributed by atoms with Crippen LogP contribution in [0.25, 0.3) is 0 Å². The van der Waals surface area contributed by atoms with E-state index in [4.69, 9.17) is 0 Å². The van der Waals surface area contributed by atoms with Crippen LogP contribution in [0.2, 0.25) is 0 Å². The van der Waals surface area contributed by atoms with E-state index in [2.05, 4.69) is 15.4 Å². The Morgan fingerprint density at radius 1 is 1.38 bits per heavy atom. The van der Waals surface area contributed by atoms with Crippen LogP contribution in [0.5, 0.6) is 0 Å². The average Bonchev–Trinajstić information content (AvgIpc) is 2.96. The van der Waals surface area contributed by atoms with Crippen LogP contribution in [-0.2, 0) is 13.6 Å². The largest absolute Gasteiger partial charge is 0.357 e. The molecule has 26 heavy (non-hydrogen) atoms. The first kappa shape index (κ1) is 22.3. The molecular formula is C18H26F2IN5. The van der Waals surface area contributed by atoms with Gasteiger partial charge in [-0.1, -0.05) is 13.0 Å². The molecule has 0 spiro atoms. The van der Waals surface area contributed by atoms with Gasteiger partial charge in [0.05, 0.1) is 6.20 Å². The fraction of sp³-hybridized carbons (Fsp3) is 0.444. The van der Waals surface area contributed by atoms with Crippen molar-refractivity contribution < 1.29 is 8.78 Å². The second-order valence-electron chi connectivity index (χ2n) is 6.14. The van der Waals surface area contributed by atoms with Crippen molar-refractivity contribution in [2.75, 3.05) is 20.1 Å². The quantitative estimate of drug-likeness (QED) is 0.394. The number of nitrogens with one attached hydrogen (secondary N) is 1. The van der Waals surface area contributed by atoms with E-state index in [9.17, 15) is 8.78 Å². The summed E-state index contributed by atoms with van der Waals surface area (Å²) in [7, 11) is 3.82. The maximum absolute atomic E-state index is 13.9. The van der Waals surface area contributed by atoms with E-state index in [0.717, 1.165) is 24.1 Å². The molecule has 144 valence electrons. The van der Waals surface area contributed by atoms with Gasteiger partial charge in [-0.25, -0.2) is 8.78 Å². The third-order valence-corrected chi connectivity index (χ3v) is 3.88. The van der Waals surface area contributed by atoms with Crippen molar-refractivity contribution in [3.63, 3.8) is 0 Å². The molecule has 0 aliphatic heterocycles. The van der Waals surface area contributed by atoms with Crippen molar-refractivity contribution >= 4 is 29.9 Å². The smallest absolute Gasteiger partial charge is 0.193 e. The average molecular weight is 477 g/mol. The Morgan fingerprint density at radius 2 is 2.12 bits per heavy atom. The standard InChI is InChI=1S/C18H25F2N5.HI/c1-5-21-18(24(3)11-14-10-23-25(4)12-14)22-9-13(2)16-7-6-15(19)8-17(16)20;/h6-8,10,12-13H,5,9,11H2,1-4H3,(H,21,22);1H. The molecule has 0 aliphatic rings. The summed E-state index contributed by atoms with van der Waals surface area (Å²) < 4.78 is 28.7. The Morgan fingerprint density at radius 3 is 2.69 bits per heavy atom. The fourth-order valence-electron chi connectivity index (χ4n) is 2.59. The molecule has 1 atom stereocenters. The summed E-state index contributed by atoms with van der Waals surface area (Å²) >= 11 is 0. The number of halogens is 3. The molecule has 1 unspecified atom stereocenters. The summed E-state index contributed by atoms with van der Waals surface area (Å²) in [5.41, 5.74) is 1.55. The van der Waals surface area contributed by atoms with Crippen molar-refractivity contribution in [2.24, 2.45) is 12.0 Å². The summed E-state index contributed by atoms with van der Waals surface area (Å²) in [6.07, 6.45) is 3.77. The van der Waals surface area contributed by atoms with Gasteiger partial charge in [-0.05, 0) is 18.6 Å². The van der Waals surface area contributed by atoms with Crippen LogP contribution in [0.4, 0.5) is 8.78 Å². The predicted molar refractivity (Wildman–Crippen MR) is 111 cm³/mol. The third kappa shape index (κ3) is 6.22. The van der Waals surface area contributed by atoms with Crippen molar-refractivity contribution in [2.45, 2.75) is 26.3 Å². The molecule has 0 amide bonds. The molecule has 0 aliphatic carbocycles. The monoisotopic (exact) mass is 477 g/mol. The Kier molecular flexibility index (Phi) is 8.97. The Balaban J connectivity index is 0.00000338. The van der Waals surface area contributed by atoms with Crippen molar-refractivity contribution in [1.29, 1.82) is 0 Å². The number of aromatic nitrogens is 2. The van der Waals surface area contributed by atoms with Gasteiger partial charge in [-0.3, -0.25) is 9.67 Å². The van der Waals surface area contributed by atoms with Crippen LogP contribution in [0, 0.1) is 11.6 Å². The van der Waals surface area contributed by atoms with Crippen molar-refractivity contribution in [1.82, 2.24) is 20.0 Å². The summed E-state index contributed by atoms with van der Waals surface area (Å²) in [5, 5.41) is 7.40. The zero-order chi connectivity index (χ0) is 18.4. The maximum Gasteiger partial charge on any atom is 0.193 e. The fourth-order valence-corrected chi connectivity index (χ4v) is 2.59. The highest BCUT2D eigenvalue weighted by Crippen LogP contribution is 2.20. The number of aliphatic imine (C=N–C) groups is 1. The molecule has 1 aromatic carbocycles. The Hall–Kier alpha value is -1.71. The SMILES string of the molecule is CCNC(=NCC(C)c1ccc(F)cc1F)N(C)Cc1cnn(C)c1.I. The minimum absolute atomic E-state index is 0. The number of benzene rings is 1. The lowest BCUT2D eigenvalue weighted by Crippen LogP contribution is -2.38. The predicted octanol–water partition coefficient (Wildman–Crippen LogP) is 3.52. The molecule has 0 saturated carbocycles. The molecule has 2 rings (SSSR count). The minimum atomic E-state index is -0.568. The molecule has 5 nitrogen and oxygen atoms in total. The molecule has 2 aromatic rings. The van der Waals surface area contributed by atoms with Crippen LogP contribution in [0.3, 0.4) is 0 Å². The Bertz CT molecular complexity index is 732. The van der Waals surface area contributed by atoms with E-state index in [-0.39, 0.29) is 29.9 Å². The highest BCUT2D eigenvalue weighted by atomic mass is 127. The van der Waals surface area contributed by atoms with E-state index in [1.54, 1.807) is 4.68 Å². The van der Waals surface area contributed by atoms with Crippen molar-refractivity contribution in [3.05, 3.63) is 53.4 Å². The van der Waals surface area contributed by atoms with Gasteiger partial charge in [0.1, 0.15) is 11.6 Å². The highest BCUT2D eigenvalue weighted by Gasteiger charge is 2.13. The number of nitrogens with zero attached hydrogens (tertiary/aromatic N) is 4.